The van der Waals surface area contributed by atoms with Crippen molar-refractivity contribution < 1.29 is 14.0 Å². The Balaban J connectivity index is 1.90. The summed E-state index contributed by atoms with van der Waals surface area (Å²) in [6, 6.07) is 9.79. The molecule has 0 spiro atoms. The van der Waals surface area contributed by atoms with Gasteiger partial charge in [-0.1, -0.05) is 50.0 Å². The molecule has 2 aromatic carbocycles. The van der Waals surface area contributed by atoms with E-state index >= 15 is 4.39 Å². The summed E-state index contributed by atoms with van der Waals surface area (Å²) in [5.74, 6) is -0.773. The summed E-state index contributed by atoms with van der Waals surface area (Å²) >= 11 is 12.1. The summed E-state index contributed by atoms with van der Waals surface area (Å²) in [5.41, 5.74) is 0.806. The molecule has 152 valence electrons. The smallest absolute Gasteiger partial charge is 0.253 e. The average molecular weight is 435 g/mol. The number of ketones is 1. The summed E-state index contributed by atoms with van der Waals surface area (Å²) in [6.45, 7) is 5.51. The van der Waals surface area contributed by atoms with Gasteiger partial charge in [-0.15, -0.1) is 0 Å². The van der Waals surface area contributed by atoms with Gasteiger partial charge in [-0.3, -0.25) is 9.59 Å². The van der Waals surface area contributed by atoms with Crippen molar-refractivity contribution in [3.63, 3.8) is 0 Å². The zero-order valence-corrected chi connectivity index (χ0v) is 17.9. The van der Waals surface area contributed by atoms with Gasteiger partial charge in [-0.25, -0.2) is 9.40 Å². The largest absolute Gasteiger partial charge is 0.299 e. The minimum Gasteiger partial charge on any atom is -0.299 e. The third-order valence-corrected chi connectivity index (χ3v) is 5.33. The molecule has 1 aliphatic heterocycles. The molecule has 0 aromatic heterocycles. The number of amides is 1. The number of carbonyl (C=O) groups is 2. The first-order chi connectivity index (χ1) is 13.6. The molecule has 2 aromatic rings. The zero-order valence-electron chi connectivity index (χ0n) is 16.4. The topological polar surface area (TPSA) is 49.7 Å². The molecule has 0 aliphatic carbocycles. The maximum Gasteiger partial charge on any atom is 0.253 e. The van der Waals surface area contributed by atoms with Gasteiger partial charge in [0.15, 0.2) is 0 Å². The first-order valence-electron chi connectivity index (χ1n) is 9.24. The van der Waals surface area contributed by atoms with E-state index < -0.39 is 11.2 Å². The summed E-state index contributed by atoms with van der Waals surface area (Å²) in [5, 5.41) is 6.24. The van der Waals surface area contributed by atoms with Crippen molar-refractivity contribution in [3.8, 4) is 0 Å². The maximum absolute atomic E-state index is 15.2. The van der Waals surface area contributed by atoms with Gasteiger partial charge < -0.3 is 0 Å². The molecular weight excluding hydrogens is 414 g/mol. The Morgan fingerprint density at radius 1 is 1.14 bits per heavy atom. The van der Waals surface area contributed by atoms with Crippen LogP contribution in [0.2, 0.25) is 10.0 Å². The SMILES string of the molecule is CC(C)(C)C(=O)CCc1ccc(Cl)c(C2=NN(c3ccc(Cl)cc3)C(=O)C2)c1F. The standard InChI is InChI=1S/C22H21Cl2FN2O2/c1-22(2,3)18(28)11-5-13-4-10-16(24)20(21(13)25)17-12-19(29)27(26-17)15-8-6-14(23)7-9-15/h4,6-10H,5,11-12H2,1-3H3. The van der Waals surface area contributed by atoms with E-state index in [1.165, 1.54) is 5.01 Å². The van der Waals surface area contributed by atoms with Crippen LogP contribution in [0.3, 0.4) is 0 Å². The van der Waals surface area contributed by atoms with E-state index in [1.54, 1.807) is 36.4 Å². The molecule has 1 aliphatic rings. The molecule has 4 nitrogen and oxygen atoms in total. The summed E-state index contributed by atoms with van der Waals surface area (Å²) in [7, 11) is 0. The highest BCUT2D eigenvalue weighted by atomic mass is 35.5. The lowest BCUT2D eigenvalue weighted by atomic mass is 9.87. The fourth-order valence-corrected chi connectivity index (χ4v) is 3.41. The number of benzene rings is 2. The lowest BCUT2D eigenvalue weighted by Gasteiger charge is -2.17. The van der Waals surface area contributed by atoms with E-state index in [1.807, 2.05) is 20.8 Å². The van der Waals surface area contributed by atoms with Gasteiger partial charge >= 0.3 is 0 Å². The minimum atomic E-state index is -0.538. The van der Waals surface area contributed by atoms with Gasteiger partial charge in [0.25, 0.3) is 5.91 Å². The fourth-order valence-electron chi connectivity index (χ4n) is 3.03. The van der Waals surface area contributed by atoms with Gasteiger partial charge in [0.2, 0.25) is 0 Å². The molecule has 1 amide bonds. The van der Waals surface area contributed by atoms with Crippen LogP contribution >= 0.6 is 23.2 Å². The van der Waals surface area contributed by atoms with Gasteiger partial charge in [0, 0.05) is 16.9 Å². The number of nitrogens with zero attached hydrogens (tertiary/aromatic N) is 2. The van der Waals surface area contributed by atoms with Gasteiger partial charge in [-0.2, -0.15) is 5.10 Å². The van der Waals surface area contributed by atoms with Crippen molar-refractivity contribution in [2.45, 2.75) is 40.0 Å². The van der Waals surface area contributed by atoms with Crippen molar-refractivity contribution in [2.75, 3.05) is 5.01 Å². The molecule has 0 atom stereocenters. The van der Waals surface area contributed by atoms with E-state index in [2.05, 4.69) is 5.10 Å². The monoisotopic (exact) mass is 434 g/mol. The highest BCUT2D eigenvalue weighted by molar-refractivity contribution is 6.35. The lowest BCUT2D eigenvalue weighted by molar-refractivity contribution is -0.126. The Morgan fingerprint density at radius 2 is 1.79 bits per heavy atom. The first-order valence-corrected chi connectivity index (χ1v) is 10.00. The predicted octanol–water partition coefficient (Wildman–Crippen LogP) is 5.82. The number of Topliss-reactive ketones (excluding diaryl/α,β-unsaturated/α-hetero) is 1. The van der Waals surface area contributed by atoms with Crippen molar-refractivity contribution in [1.29, 1.82) is 0 Å². The lowest BCUT2D eigenvalue weighted by Crippen LogP contribution is -2.20. The minimum absolute atomic E-state index is 0.0516. The fraction of sp³-hybridized carbons (Fsp3) is 0.318. The van der Waals surface area contributed by atoms with Gasteiger partial charge in [-0.05, 0) is 42.3 Å². The van der Waals surface area contributed by atoms with Crippen molar-refractivity contribution in [3.05, 3.63) is 63.4 Å². The third-order valence-electron chi connectivity index (χ3n) is 4.76. The second kappa shape index (κ2) is 8.25. The van der Waals surface area contributed by atoms with E-state index in [-0.39, 0.29) is 47.3 Å². The van der Waals surface area contributed by atoms with Crippen LogP contribution in [0, 0.1) is 11.2 Å². The van der Waals surface area contributed by atoms with Gasteiger partial charge in [0.05, 0.1) is 28.4 Å². The average Bonchev–Trinajstić information content (AvgIpc) is 3.02. The Hall–Kier alpha value is -2.24. The second-order valence-corrected chi connectivity index (χ2v) is 8.82. The molecule has 1 heterocycles. The van der Waals surface area contributed by atoms with Crippen molar-refractivity contribution >= 4 is 46.3 Å². The first kappa shape index (κ1) is 21.5. The molecule has 0 N–H and O–H groups in total. The molecule has 0 bridgehead atoms. The molecular formula is C22H21Cl2FN2O2. The molecule has 0 fully saturated rings. The van der Waals surface area contributed by atoms with Gasteiger partial charge in [0.1, 0.15) is 11.6 Å². The van der Waals surface area contributed by atoms with Crippen LogP contribution in [0.5, 0.6) is 0 Å². The highest BCUT2D eigenvalue weighted by Crippen LogP contribution is 2.30. The molecule has 0 unspecified atom stereocenters. The number of hydrogen-bond donors (Lipinski definition) is 0. The number of aryl methyl sites for hydroxylation is 1. The Morgan fingerprint density at radius 3 is 2.41 bits per heavy atom. The van der Waals surface area contributed by atoms with E-state index in [0.717, 1.165) is 0 Å². The van der Waals surface area contributed by atoms with Crippen LogP contribution in [-0.2, 0) is 16.0 Å². The molecule has 0 saturated heterocycles. The van der Waals surface area contributed by atoms with Crippen LogP contribution in [0.25, 0.3) is 0 Å². The summed E-state index contributed by atoms with van der Waals surface area (Å²) in [6.07, 6.45) is 0.418. The highest BCUT2D eigenvalue weighted by Gasteiger charge is 2.30. The van der Waals surface area contributed by atoms with Crippen LogP contribution in [-0.4, -0.2) is 17.4 Å². The van der Waals surface area contributed by atoms with E-state index in [4.69, 9.17) is 23.2 Å². The van der Waals surface area contributed by atoms with Crippen molar-refractivity contribution in [1.82, 2.24) is 0 Å². The number of halogens is 3. The quantitative estimate of drug-likeness (QED) is 0.594. The Bertz CT molecular complexity index is 995. The molecule has 29 heavy (non-hydrogen) atoms. The summed E-state index contributed by atoms with van der Waals surface area (Å²) < 4.78 is 15.2. The number of carbonyl (C=O) groups excluding carboxylic acids is 2. The number of hydrazone groups is 1. The van der Waals surface area contributed by atoms with E-state index in [0.29, 0.717) is 16.3 Å². The summed E-state index contributed by atoms with van der Waals surface area (Å²) in [4.78, 5) is 24.6. The van der Waals surface area contributed by atoms with Crippen LogP contribution in [0.15, 0.2) is 41.5 Å². The molecule has 3 rings (SSSR count). The number of hydrogen-bond acceptors (Lipinski definition) is 3. The van der Waals surface area contributed by atoms with E-state index in [9.17, 15) is 9.59 Å². The maximum atomic E-state index is 15.2. The molecule has 0 saturated carbocycles. The Labute approximate surface area is 179 Å². The molecule has 7 heteroatoms. The zero-order chi connectivity index (χ0) is 21.3. The third kappa shape index (κ3) is 4.68. The molecule has 0 radical (unpaired) electrons. The number of anilines is 1. The Kier molecular flexibility index (Phi) is 6.11. The predicted molar refractivity (Wildman–Crippen MR) is 114 cm³/mol. The number of rotatable bonds is 5. The van der Waals surface area contributed by atoms with Crippen molar-refractivity contribution in [2.24, 2.45) is 10.5 Å². The second-order valence-electron chi connectivity index (χ2n) is 7.97. The van der Waals surface area contributed by atoms with Crippen LogP contribution in [0.4, 0.5) is 10.1 Å². The normalized spacial score (nSPS) is 14.3. The van der Waals surface area contributed by atoms with Crippen LogP contribution in [0.1, 0.15) is 44.7 Å². The van der Waals surface area contributed by atoms with Crippen LogP contribution < -0.4 is 5.01 Å².